The van der Waals surface area contributed by atoms with Gasteiger partial charge in [-0.15, -0.1) is 0 Å². The highest BCUT2D eigenvalue weighted by Gasteiger charge is 2.32. The van der Waals surface area contributed by atoms with Crippen LogP contribution in [0.3, 0.4) is 0 Å². The van der Waals surface area contributed by atoms with E-state index in [4.69, 9.17) is 23.8 Å². The number of rotatable bonds is 4. The second-order valence-electron chi connectivity index (χ2n) is 8.30. The Morgan fingerprint density at radius 3 is 2.48 bits per heavy atom. The topological polar surface area (TPSA) is 53.4 Å². The highest BCUT2D eigenvalue weighted by Crippen LogP contribution is 2.23. The van der Waals surface area contributed by atoms with E-state index in [0.717, 1.165) is 30.1 Å². The van der Waals surface area contributed by atoms with Crippen molar-refractivity contribution in [3.05, 3.63) is 52.3 Å². The number of thiocarbonyl (C=S) groups is 1. The molecule has 0 unspecified atom stereocenters. The molecule has 1 amide bonds. The van der Waals surface area contributed by atoms with Crippen molar-refractivity contribution in [1.29, 1.82) is 0 Å². The molecule has 29 heavy (non-hydrogen) atoms. The van der Waals surface area contributed by atoms with Gasteiger partial charge in [-0.05, 0) is 48.8 Å². The summed E-state index contributed by atoms with van der Waals surface area (Å²) >= 11 is 11.5. The van der Waals surface area contributed by atoms with E-state index in [0.29, 0.717) is 23.9 Å². The van der Waals surface area contributed by atoms with Crippen molar-refractivity contribution in [1.82, 2.24) is 25.1 Å². The summed E-state index contributed by atoms with van der Waals surface area (Å²) in [5.74, 6) is -0.0742. The van der Waals surface area contributed by atoms with Crippen molar-refractivity contribution in [2.75, 3.05) is 19.6 Å². The molecule has 1 N–H and O–H groups in total. The zero-order valence-electron chi connectivity index (χ0n) is 17.4. The third-order valence-corrected chi connectivity index (χ3v) is 5.58. The van der Waals surface area contributed by atoms with Gasteiger partial charge in [-0.2, -0.15) is 5.10 Å². The van der Waals surface area contributed by atoms with Gasteiger partial charge in [-0.3, -0.25) is 14.5 Å². The van der Waals surface area contributed by atoms with Crippen LogP contribution in [0.1, 0.15) is 48.9 Å². The van der Waals surface area contributed by atoms with Gasteiger partial charge in [0, 0.05) is 37.1 Å². The zero-order valence-corrected chi connectivity index (χ0v) is 19.0. The Kier molecular flexibility index (Phi) is 6.49. The van der Waals surface area contributed by atoms with Crippen LogP contribution in [0.25, 0.3) is 0 Å². The lowest BCUT2D eigenvalue weighted by molar-refractivity contribution is 0.0480. The minimum Gasteiger partial charge on any atom is -0.361 e. The molecule has 0 bridgehead atoms. The number of hydrogen-bond donors (Lipinski definition) is 1. The minimum absolute atomic E-state index is 0.0742. The van der Waals surface area contributed by atoms with Crippen molar-refractivity contribution < 1.29 is 4.79 Å². The standard InChI is InChI=1S/C21H28ClN5OS/c1-21(2,3)18-14-17(25(4)24-18)19(28)26-12-5-13-27(26)20(29)23-11-10-15-6-8-16(22)9-7-15/h6-9,14H,5,10-13H2,1-4H3,(H,23,29). The van der Waals surface area contributed by atoms with E-state index in [2.05, 4.69) is 31.2 Å². The van der Waals surface area contributed by atoms with Crippen LogP contribution in [0, 0.1) is 0 Å². The van der Waals surface area contributed by atoms with Gasteiger partial charge in [0.25, 0.3) is 5.91 Å². The van der Waals surface area contributed by atoms with Crippen molar-refractivity contribution >= 4 is 34.8 Å². The Labute approximate surface area is 182 Å². The Balaban J connectivity index is 1.63. The van der Waals surface area contributed by atoms with E-state index < -0.39 is 0 Å². The van der Waals surface area contributed by atoms with Gasteiger partial charge >= 0.3 is 0 Å². The Hall–Kier alpha value is -2.12. The molecule has 1 saturated heterocycles. The molecule has 0 radical (unpaired) electrons. The smallest absolute Gasteiger partial charge is 0.290 e. The van der Waals surface area contributed by atoms with Gasteiger partial charge in [0.2, 0.25) is 0 Å². The van der Waals surface area contributed by atoms with E-state index in [-0.39, 0.29) is 11.3 Å². The molecule has 8 heteroatoms. The fraction of sp³-hybridized carbons (Fsp3) is 0.476. The van der Waals surface area contributed by atoms with Gasteiger partial charge in [0.1, 0.15) is 5.69 Å². The molecular weight excluding hydrogens is 406 g/mol. The molecule has 6 nitrogen and oxygen atoms in total. The summed E-state index contributed by atoms with van der Waals surface area (Å²) in [6, 6.07) is 9.67. The van der Waals surface area contributed by atoms with E-state index in [9.17, 15) is 4.79 Å². The number of nitrogens with one attached hydrogen (secondary N) is 1. The molecule has 3 rings (SSSR count). The molecular formula is C21H28ClN5OS. The Morgan fingerprint density at radius 1 is 1.21 bits per heavy atom. The summed E-state index contributed by atoms with van der Waals surface area (Å²) in [7, 11) is 1.81. The normalized spacial score (nSPS) is 14.4. The van der Waals surface area contributed by atoms with Crippen LogP contribution < -0.4 is 5.32 Å². The summed E-state index contributed by atoms with van der Waals surface area (Å²) < 4.78 is 1.66. The second kappa shape index (κ2) is 8.71. The third kappa shape index (κ3) is 5.08. The van der Waals surface area contributed by atoms with E-state index >= 15 is 0 Å². The number of benzene rings is 1. The SMILES string of the molecule is Cn1nc(C(C)(C)C)cc1C(=O)N1CCCN1C(=S)NCCc1ccc(Cl)cc1. The fourth-order valence-corrected chi connectivity index (χ4v) is 3.67. The van der Waals surface area contributed by atoms with Crippen LogP contribution in [0.2, 0.25) is 5.02 Å². The summed E-state index contributed by atoms with van der Waals surface area (Å²) in [5, 5.41) is 12.7. The van der Waals surface area contributed by atoms with E-state index in [1.54, 1.807) is 9.69 Å². The largest absolute Gasteiger partial charge is 0.361 e. The molecule has 0 aliphatic carbocycles. The highest BCUT2D eigenvalue weighted by atomic mass is 35.5. The predicted molar refractivity (Wildman–Crippen MR) is 120 cm³/mol. The second-order valence-corrected chi connectivity index (χ2v) is 9.12. The number of aryl methyl sites for hydroxylation is 1. The van der Waals surface area contributed by atoms with E-state index in [1.807, 2.05) is 42.4 Å². The summed E-state index contributed by atoms with van der Waals surface area (Å²) in [6.07, 6.45) is 1.71. The number of amides is 1. The molecule has 0 saturated carbocycles. The van der Waals surface area contributed by atoms with Crippen molar-refractivity contribution in [2.45, 2.75) is 39.0 Å². The number of nitrogens with zero attached hydrogens (tertiary/aromatic N) is 4. The summed E-state index contributed by atoms with van der Waals surface area (Å²) in [6.45, 7) is 8.33. The van der Waals surface area contributed by atoms with Crippen LogP contribution in [0.15, 0.2) is 30.3 Å². The first-order chi connectivity index (χ1) is 13.7. The first kappa shape index (κ1) is 21.6. The number of aromatic nitrogens is 2. The molecule has 2 aromatic rings. The number of carbonyl (C=O) groups excluding carboxylic acids is 1. The van der Waals surface area contributed by atoms with Crippen LogP contribution in [0.4, 0.5) is 0 Å². The molecule has 0 spiro atoms. The van der Waals surface area contributed by atoms with Crippen LogP contribution in [0.5, 0.6) is 0 Å². The molecule has 2 heterocycles. The highest BCUT2D eigenvalue weighted by molar-refractivity contribution is 7.80. The monoisotopic (exact) mass is 433 g/mol. The average Bonchev–Trinajstić information content (AvgIpc) is 3.29. The summed E-state index contributed by atoms with van der Waals surface area (Å²) in [5.41, 5.74) is 2.55. The van der Waals surface area contributed by atoms with Gasteiger partial charge < -0.3 is 5.32 Å². The maximum absolute atomic E-state index is 13.2. The predicted octanol–water partition coefficient (Wildman–Crippen LogP) is 3.55. The first-order valence-electron chi connectivity index (χ1n) is 9.83. The van der Waals surface area contributed by atoms with Crippen LogP contribution in [-0.2, 0) is 18.9 Å². The lowest BCUT2D eigenvalue weighted by Crippen LogP contribution is -2.49. The lowest BCUT2D eigenvalue weighted by atomic mass is 9.92. The van der Waals surface area contributed by atoms with Crippen molar-refractivity contribution in [2.24, 2.45) is 7.05 Å². The Morgan fingerprint density at radius 2 is 1.86 bits per heavy atom. The van der Waals surface area contributed by atoms with E-state index in [1.165, 1.54) is 5.56 Å². The van der Waals surface area contributed by atoms with Gasteiger partial charge in [-0.25, -0.2) is 5.01 Å². The lowest BCUT2D eigenvalue weighted by Gasteiger charge is -2.30. The molecule has 1 fully saturated rings. The number of hydrogen-bond acceptors (Lipinski definition) is 3. The quantitative estimate of drug-likeness (QED) is 0.747. The number of hydrazine groups is 1. The van der Waals surface area contributed by atoms with Crippen molar-refractivity contribution in [3.63, 3.8) is 0 Å². The minimum atomic E-state index is -0.112. The van der Waals surface area contributed by atoms with Gasteiger partial charge in [0.05, 0.1) is 5.69 Å². The zero-order chi connectivity index (χ0) is 21.2. The molecule has 1 aliphatic heterocycles. The maximum Gasteiger partial charge on any atom is 0.290 e. The maximum atomic E-state index is 13.2. The van der Waals surface area contributed by atoms with Gasteiger partial charge in [0.15, 0.2) is 5.11 Å². The van der Waals surface area contributed by atoms with Crippen molar-refractivity contribution in [3.8, 4) is 0 Å². The van der Waals surface area contributed by atoms with Crippen LogP contribution >= 0.6 is 23.8 Å². The molecule has 0 atom stereocenters. The fourth-order valence-electron chi connectivity index (χ4n) is 3.26. The van der Waals surface area contributed by atoms with Crippen LogP contribution in [-0.4, -0.2) is 50.5 Å². The third-order valence-electron chi connectivity index (χ3n) is 4.97. The molecule has 1 aliphatic rings. The molecule has 156 valence electrons. The number of carbonyl (C=O) groups is 1. The molecule has 1 aromatic heterocycles. The first-order valence-corrected chi connectivity index (χ1v) is 10.6. The molecule has 1 aromatic carbocycles. The average molecular weight is 434 g/mol. The number of halogens is 1. The summed E-state index contributed by atoms with van der Waals surface area (Å²) in [4.78, 5) is 13.2. The Bertz CT molecular complexity index is 887. The van der Waals surface area contributed by atoms with Gasteiger partial charge in [-0.1, -0.05) is 44.5 Å².